The molecule has 1 aliphatic heterocycles. The van der Waals surface area contributed by atoms with E-state index in [-0.39, 0.29) is 5.57 Å². The number of rotatable bonds is 5. The first-order chi connectivity index (χ1) is 12.7. The van der Waals surface area contributed by atoms with E-state index in [0.29, 0.717) is 17.2 Å². The monoisotopic (exact) mass is 349 g/mol. The summed E-state index contributed by atoms with van der Waals surface area (Å²) in [5.74, 6) is 0.573. The summed E-state index contributed by atoms with van der Waals surface area (Å²) in [6, 6.07) is 15.0. The Labute approximate surface area is 152 Å². The number of anilines is 2. The molecule has 0 fully saturated rings. The summed E-state index contributed by atoms with van der Waals surface area (Å²) in [4.78, 5) is 14.5. The van der Waals surface area contributed by atoms with Crippen LogP contribution in [0.25, 0.3) is 0 Å². The summed E-state index contributed by atoms with van der Waals surface area (Å²) in [6.07, 6.45) is 2.48. The summed E-state index contributed by atoms with van der Waals surface area (Å²) in [5.41, 5.74) is 2.69. The first kappa shape index (κ1) is 17.4. The second-order valence-electron chi connectivity index (χ2n) is 5.75. The standard InChI is InChI=1S/C20H19N3O3/c1-25-16-7-8-19(26-2)17(11-16)22-20(24)15(12-21)13-23-10-9-14-5-3-4-6-18(14)23/h3-8,11,13H,9-10H2,1-2H3,(H,22,24)/b15-13-. The van der Waals surface area contributed by atoms with Crippen LogP contribution in [0.3, 0.4) is 0 Å². The van der Waals surface area contributed by atoms with Gasteiger partial charge in [-0.05, 0) is 30.2 Å². The van der Waals surface area contributed by atoms with Crippen molar-refractivity contribution in [2.45, 2.75) is 6.42 Å². The molecule has 0 saturated heterocycles. The molecular formula is C20H19N3O3. The van der Waals surface area contributed by atoms with Crippen molar-refractivity contribution in [2.24, 2.45) is 0 Å². The van der Waals surface area contributed by atoms with E-state index in [1.54, 1.807) is 31.5 Å². The van der Waals surface area contributed by atoms with Crippen molar-refractivity contribution in [3.05, 3.63) is 59.8 Å². The Morgan fingerprint density at radius 3 is 2.77 bits per heavy atom. The van der Waals surface area contributed by atoms with Crippen LogP contribution in [-0.4, -0.2) is 26.7 Å². The van der Waals surface area contributed by atoms with Gasteiger partial charge in [-0.3, -0.25) is 4.79 Å². The maximum Gasteiger partial charge on any atom is 0.267 e. The van der Waals surface area contributed by atoms with Crippen molar-refractivity contribution in [2.75, 3.05) is 31.0 Å². The van der Waals surface area contributed by atoms with E-state index in [2.05, 4.69) is 11.4 Å². The van der Waals surface area contributed by atoms with Crippen molar-refractivity contribution in [1.29, 1.82) is 5.26 Å². The number of nitriles is 1. The number of hydrogen-bond donors (Lipinski definition) is 1. The fraction of sp³-hybridized carbons (Fsp3) is 0.200. The fourth-order valence-corrected chi connectivity index (χ4v) is 2.89. The quantitative estimate of drug-likeness (QED) is 0.663. The van der Waals surface area contributed by atoms with Crippen LogP contribution in [0.2, 0.25) is 0 Å². The normalized spacial score (nSPS) is 13.0. The number of nitrogens with one attached hydrogen (secondary N) is 1. The number of nitrogens with zero attached hydrogens (tertiary/aromatic N) is 2. The molecule has 0 radical (unpaired) electrons. The van der Waals surface area contributed by atoms with Crippen LogP contribution < -0.4 is 19.7 Å². The molecule has 132 valence electrons. The average Bonchev–Trinajstić information content (AvgIpc) is 3.08. The molecule has 0 bridgehead atoms. The minimum absolute atomic E-state index is 0.0200. The van der Waals surface area contributed by atoms with Gasteiger partial charge in [0.25, 0.3) is 5.91 Å². The maximum atomic E-state index is 12.6. The molecule has 1 amide bonds. The van der Waals surface area contributed by atoms with Gasteiger partial charge in [0.05, 0.1) is 19.9 Å². The Bertz CT molecular complexity index is 899. The van der Waals surface area contributed by atoms with Gasteiger partial charge < -0.3 is 19.7 Å². The predicted octanol–water partition coefficient (Wildman–Crippen LogP) is 3.11. The first-order valence-electron chi connectivity index (χ1n) is 8.16. The van der Waals surface area contributed by atoms with Gasteiger partial charge in [-0.25, -0.2) is 0 Å². The topological polar surface area (TPSA) is 74.6 Å². The molecule has 0 atom stereocenters. The highest BCUT2D eigenvalue weighted by molar-refractivity contribution is 6.07. The van der Waals surface area contributed by atoms with Crippen LogP contribution >= 0.6 is 0 Å². The van der Waals surface area contributed by atoms with Crippen molar-refractivity contribution in [3.8, 4) is 17.6 Å². The van der Waals surface area contributed by atoms with E-state index in [0.717, 1.165) is 18.7 Å². The van der Waals surface area contributed by atoms with Crippen LogP contribution in [0.4, 0.5) is 11.4 Å². The molecule has 0 saturated carbocycles. The number of hydrogen-bond acceptors (Lipinski definition) is 5. The highest BCUT2D eigenvalue weighted by Crippen LogP contribution is 2.30. The zero-order valence-electron chi connectivity index (χ0n) is 14.7. The van der Waals surface area contributed by atoms with Gasteiger partial charge in [-0.2, -0.15) is 5.26 Å². The summed E-state index contributed by atoms with van der Waals surface area (Å²) in [6.45, 7) is 0.736. The van der Waals surface area contributed by atoms with Gasteiger partial charge in [-0.15, -0.1) is 0 Å². The van der Waals surface area contributed by atoms with E-state index in [1.165, 1.54) is 12.7 Å². The number of benzene rings is 2. The van der Waals surface area contributed by atoms with Crippen LogP contribution in [0.15, 0.2) is 54.2 Å². The Kier molecular flexibility index (Phi) is 5.09. The van der Waals surface area contributed by atoms with Gasteiger partial charge in [0.2, 0.25) is 0 Å². The molecule has 1 heterocycles. The lowest BCUT2D eigenvalue weighted by Crippen LogP contribution is -2.19. The largest absolute Gasteiger partial charge is 0.497 e. The molecule has 2 aromatic carbocycles. The molecule has 6 heteroatoms. The molecular weight excluding hydrogens is 330 g/mol. The second kappa shape index (κ2) is 7.62. The number of amides is 1. The van der Waals surface area contributed by atoms with E-state index in [1.807, 2.05) is 29.2 Å². The minimum atomic E-state index is -0.497. The fourth-order valence-electron chi connectivity index (χ4n) is 2.89. The van der Waals surface area contributed by atoms with Crippen molar-refractivity contribution >= 4 is 17.3 Å². The molecule has 0 spiro atoms. The smallest absolute Gasteiger partial charge is 0.267 e. The van der Waals surface area contributed by atoms with Gasteiger partial charge in [0.1, 0.15) is 23.1 Å². The van der Waals surface area contributed by atoms with Crippen LogP contribution in [0, 0.1) is 11.3 Å². The lowest BCUT2D eigenvalue weighted by Gasteiger charge is -2.15. The van der Waals surface area contributed by atoms with Crippen molar-refractivity contribution < 1.29 is 14.3 Å². The minimum Gasteiger partial charge on any atom is -0.497 e. The highest BCUT2D eigenvalue weighted by atomic mass is 16.5. The third kappa shape index (κ3) is 3.47. The Balaban J connectivity index is 1.84. The lowest BCUT2D eigenvalue weighted by molar-refractivity contribution is -0.112. The van der Waals surface area contributed by atoms with Gasteiger partial charge in [0, 0.05) is 24.5 Å². The Morgan fingerprint density at radius 2 is 2.04 bits per heavy atom. The summed E-state index contributed by atoms with van der Waals surface area (Å²) in [5, 5.41) is 12.2. The second-order valence-corrected chi connectivity index (χ2v) is 5.75. The average molecular weight is 349 g/mol. The van der Waals surface area contributed by atoms with E-state index in [9.17, 15) is 10.1 Å². The molecule has 26 heavy (non-hydrogen) atoms. The van der Waals surface area contributed by atoms with Gasteiger partial charge in [-0.1, -0.05) is 18.2 Å². The third-order valence-electron chi connectivity index (χ3n) is 4.23. The highest BCUT2D eigenvalue weighted by Gasteiger charge is 2.20. The molecule has 1 N–H and O–H groups in total. The molecule has 0 unspecified atom stereocenters. The van der Waals surface area contributed by atoms with Crippen LogP contribution in [0.1, 0.15) is 5.56 Å². The number of fused-ring (bicyclic) bond motifs is 1. The van der Waals surface area contributed by atoms with Gasteiger partial charge >= 0.3 is 0 Å². The zero-order valence-corrected chi connectivity index (χ0v) is 14.7. The number of ether oxygens (including phenoxy) is 2. The third-order valence-corrected chi connectivity index (χ3v) is 4.23. The summed E-state index contributed by atoms with van der Waals surface area (Å²) < 4.78 is 10.4. The molecule has 3 rings (SSSR count). The number of carbonyl (C=O) groups excluding carboxylic acids is 1. The van der Waals surface area contributed by atoms with Gasteiger partial charge in [0.15, 0.2) is 0 Å². The molecule has 0 aliphatic carbocycles. The van der Waals surface area contributed by atoms with Crippen LogP contribution in [-0.2, 0) is 11.2 Å². The number of para-hydroxylation sites is 1. The number of methoxy groups -OCH3 is 2. The van der Waals surface area contributed by atoms with Crippen LogP contribution in [0.5, 0.6) is 11.5 Å². The molecule has 6 nitrogen and oxygen atoms in total. The summed E-state index contributed by atoms with van der Waals surface area (Å²) >= 11 is 0. The van der Waals surface area contributed by atoms with E-state index in [4.69, 9.17) is 9.47 Å². The first-order valence-corrected chi connectivity index (χ1v) is 8.16. The molecule has 2 aromatic rings. The zero-order chi connectivity index (χ0) is 18.5. The van der Waals surface area contributed by atoms with Crippen molar-refractivity contribution in [1.82, 2.24) is 0 Å². The SMILES string of the molecule is COc1ccc(OC)c(NC(=O)/C(C#N)=C\N2CCc3ccccc32)c1. The Hall–Kier alpha value is -3.46. The Morgan fingerprint density at radius 1 is 1.23 bits per heavy atom. The molecule has 1 aliphatic rings. The van der Waals surface area contributed by atoms with E-state index >= 15 is 0 Å². The van der Waals surface area contributed by atoms with E-state index < -0.39 is 5.91 Å². The number of carbonyl (C=O) groups is 1. The van der Waals surface area contributed by atoms with Crippen molar-refractivity contribution in [3.63, 3.8) is 0 Å². The molecule has 0 aromatic heterocycles. The summed E-state index contributed by atoms with van der Waals surface area (Å²) in [7, 11) is 3.05. The maximum absolute atomic E-state index is 12.6. The predicted molar refractivity (Wildman–Crippen MR) is 99.4 cm³/mol. The lowest BCUT2D eigenvalue weighted by atomic mass is 10.2.